The van der Waals surface area contributed by atoms with E-state index < -0.39 is 28.3 Å². The van der Waals surface area contributed by atoms with Crippen molar-refractivity contribution in [3.63, 3.8) is 0 Å². The summed E-state index contributed by atoms with van der Waals surface area (Å²) in [7, 11) is -1.13. The maximum absolute atomic E-state index is 12.9. The van der Waals surface area contributed by atoms with E-state index >= 15 is 0 Å². The summed E-state index contributed by atoms with van der Waals surface area (Å²) in [6.07, 6.45) is 0. The number of aryl methyl sites for hydroxylation is 1. The predicted molar refractivity (Wildman–Crippen MR) is 92.6 cm³/mol. The first kappa shape index (κ1) is 18.9. The van der Waals surface area contributed by atoms with E-state index in [4.69, 9.17) is 4.74 Å². The summed E-state index contributed by atoms with van der Waals surface area (Å²) < 4.78 is 43.8. The summed E-state index contributed by atoms with van der Waals surface area (Å²) in [5.74, 6) is -0.578. The molecule has 0 aliphatic rings. The van der Waals surface area contributed by atoms with Crippen LogP contribution in [0.1, 0.15) is 5.56 Å². The molecule has 6 nitrogen and oxygen atoms in total. The molecule has 134 valence electrons. The number of carbonyl (C=O) groups is 1. The van der Waals surface area contributed by atoms with Gasteiger partial charge in [0.25, 0.3) is 0 Å². The number of likely N-dealkylation sites (N-methyl/N-ethyl adjacent to an activating group) is 1. The third-order valence-corrected chi connectivity index (χ3v) is 5.33. The Hall–Kier alpha value is -2.45. The molecule has 1 amide bonds. The molecule has 0 heterocycles. The van der Waals surface area contributed by atoms with E-state index in [1.54, 1.807) is 12.1 Å². The summed E-state index contributed by atoms with van der Waals surface area (Å²) in [5, 5.41) is 2.64. The molecule has 0 aromatic heterocycles. The summed E-state index contributed by atoms with van der Waals surface area (Å²) in [4.78, 5) is 12.1. The summed E-state index contributed by atoms with van der Waals surface area (Å²) in [6, 6.07) is 9.69. The number of amides is 1. The fourth-order valence-electron chi connectivity index (χ4n) is 2.18. The van der Waals surface area contributed by atoms with Crippen molar-refractivity contribution in [3.8, 4) is 5.75 Å². The quantitative estimate of drug-likeness (QED) is 0.852. The molecule has 0 radical (unpaired) electrons. The van der Waals surface area contributed by atoms with Crippen LogP contribution in [-0.2, 0) is 14.8 Å². The zero-order valence-corrected chi connectivity index (χ0v) is 14.9. The molecule has 2 aromatic carbocycles. The van der Waals surface area contributed by atoms with Crippen molar-refractivity contribution in [3.05, 3.63) is 53.8 Å². The molecule has 0 saturated carbocycles. The second kappa shape index (κ2) is 7.62. The maximum Gasteiger partial charge on any atom is 0.243 e. The molecule has 2 aromatic rings. The molecule has 8 heteroatoms. The van der Waals surface area contributed by atoms with Crippen molar-refractivity contribution in [2.45, 2.75) is 11.8 Å². The summed E-state index contributed by atoms with van der Waals surface area (Å²) >= 11 is 0. The highest BCUT2D eigenvalue weighted by molar-refractivity contribution is 7.89. The number of nitrogens with one attached hydrogen (secondary N) is 1. The Labute approximate surface area is 146 Å². The van der Waals surface area contributed by atoms with Gasteiger partial charge in [-0.3, -0.25) is 4.79 Å². The molecule has 0 fully saturated rings. The Bertz CT molecular complexity index is 867. The number of nitrogens with zero attached hydrogens (tertiary/aromatic N) is 1. The molecule has 0 atom stereocenters. The largest absolute Gasteiger partial charge is 0.495 e. The Morgan fingerprint density at radius 2 is 1.84 bits per heavy atom. The first-order chi connectivity index (χ1) is 11.7. The number of methoxy groups -OCH3 is 1. The van der Waals surface area contributed by atoms with E-state index in [0.717, 1.165) is 34.1 Å². The first-order valence-corrected chi connectivity index (χ1v) is 8.84. The van der Waals surface area contributed by atoms with Gasteiger partial charge in [-0.15, -0.1) is 0 Å². The molecule has 2 rings (SSSR count). The van der Waals surface area contributed by atoms with Crippen LogP contribution in [0.15, 0.2) is 47.4 Å². The zero-order chi connectivity index (χ0) is 18.6. The van der Waals surface area contributed by atoms with Crippen molar-refractivity contribution in [1.82, 2.24) is 4.31 Å². The number of carbonyl (C=O) groups excluding carboxylic acids is 1. The lowest BCUT2D eigenvalue weighted by atomic mass is 10.2. The number of benzene rings is 2. The Kier molecular flexibility index (Phi) is 5.76. The van der Waals surface area contributed by atoms with Crippen LogP contribution < -0.4 is 10.1 Å². The van der Waals surface area contributed by atoms with Crippen molar-refractivity contribution in [1.29, 1.82) is 0 Å². The van der Waals surface area contributed by atoms with Crippen molar-refractivity contribution in [2.24, 2.45) is 0 Å². The van der Waals surface area contributed by atoms with Crippen molar-refractivity contribution < 1.29 is 22.3 Å². The van der Waals surface area contributed by atoms with Gasteiger partial charge in [-0.1, -0.05) is 6.07 Å². The Morgan fingerprint density at radius 3 is 2.44 bits per heavy atom. The lowest BCUT2D eigenvalue weighted by Gasteiger charge is -2.17. The van der Waals surface area contributed by atoms with Crippen LogP contribution in [0.4, 0.5) is 10.1 Å². The van der Waals surface area contributed by atoms with Crippen LogP contribution in [0.3, 0.4) is 0 Å². The standard InChI is InChI=1S/C17H19FN2O4S/c1-12-4-9-16(24-3)15(10-12)19-17(21)11-20(2)25(22,23)14-7-5-13(18)6-8-14/h4-10H,11H2,1-3H3,(H,19,21). The molecule has 25 heavy (non-hydrogen) atoms. The topological polar surface area (TPSA) is 75.7 Å². The van der Waals surface area contributed by atoms with Gasteiger partial charge < -0.3 is 10.1 Å². The van der Waals surface area contributed by atoms with E-state index in [2.05, 4.69) is 5.32 Å². The Morgan fingerprint density at radius 1 is 1.20 bits per heavy atom. The highest BCUT2D eigenvalue weighted by Crippen LogP contribution is 2.25. The number of halogens is 1. The van der Waals surface area contributed by atoms with Crippen molar-refractivity contribution in [2.75, 3.05) is 26.0 Å². The SMILES string of the molecule is COc1ccc(C)cc1NC(=O)CN(C)S(=O)(=O)c1ccc(F)cc1. The number of hydrogen-bond donors (Lipinski definition) is 1. The number of rotatable bonds is 6. The molecular weight excluding hydrogens is 347 g/mol. The van der Waals surface area contributed by atoms with E-state index in [1.807, 2.05) is 13.0 Å². The fourth-order valence-corrected chi connectivity index (χ4v) is 3.31. The van der Waals surface area contributed by atoms with Gasteiger partial charge in [0.05, 0.1) is 24.2 Å². The predicted octanol–water partition coefficient (Wildman–Crippen LogP) is 2.40. The molecule has 0 unspecified atom stereocenters. The minimum Gasteiger partial charge on any atom is -0.495 e. The van der Waals surface area contributed by atoms with E-state index in [0.29, 0.717) is 11.4 Å². The number of hydrogen-bond acceptors (Lipinski definition) is 4. The van der Waals surface area contributed by atoms with Gasteiger partial charge in [-0.25, -0.2) is 12.8 Å². The third-order valence-electron chi connectivity index (χ3n) is 3.52. The number of anilines is 1. The van der Waals surface area contributed by atoms with E-state index in [9.17, 15) is 17.6 Å². The average Bonchev–Trinajstić information content (AvgIpc) is 2.55. The molecule has 0 aliphatic carbocycles. The summed E-state index contributed by atoms with van der Waals surface area (Å²) in [6.45, 7) is 1.47. The van der Waals surface area contributed by atoms with Gasteiger partial charge in [-0.05, 0) is 48.9 Å². The molecule has 0 spiro atoms. The Balaban J connectivity index is 2.12. The van der Waals surface area contributed by atoms with Crippen LogP contribution in [0.5, 0.6) is 5.75 Å². The van der Waals surface area contributed by atoms with Crippen LogP contribution >= 0.6 is 0 Å². The lowest BCUT2D eigenvalue weighted by Crippen LogP contribution is -2.35. The zero-order valence-electron chi connectivity index (χ0n) is 14.1. The monoisotopic (exact) mass is 366 g/mol. The maximum atomic E-state index is 12.9. The smallest absolute Gasteiger partial charge is 0.243 e. The first-order valence-electron chi connectivity index (χ1n) is 7.40. The fraction of sp³-hybridized carbons (Fsp3) is 0.235. The molecule has 0 bridgehead atoms. The third kappa shape index (κ3) is 4.55. The molecule has 0 aliphatic heterocycles. The van der Waals surface area contributed by atoms with E-state index in [1.165, 1.54) is 14.2 Å². The van der Waals surface area contributed by atoms with Gasteiger partial charge in [0.1, 0.15) is 11.6 Å². The second-order valence-electron chi connectivity index (χ2n) is 5.47. The van der Waals surface area contributed by atoms with Gasteiger partial charge in [0.15, 0.2) is 0 Å². The van der Waals surface area contributed by atoms with Gasteiger partial charge in [-0.2, -0.15) is 4.31 Å². The minimum absolute atomic E-state index is 0.0858. The molecule has 0 saturated heterocycles. The van der Waals surface area contributed by atoms with Crippen LogP contribution in [-0.4, -0.2) is 39.3 Å². The number of sulfonamides is 1. The summed E-state index contributed by atoms with van der Waals surface area (Å²) in [5.41, 5.74) is 1.38. The highest BCUT2D eigenvalue weighted by Gasteiger charge is 2.23. The van der Waals surface area contributed by atoms with Gasteiger partial charge >= 0.3 is 0 Å². The van der Waals surface area contributed by atoms with Gasteiger partial charge in [0.2, 0.25) is 15.9 Å². The van der Waals surface area contributed by atoms with Crippen molar-refractivity contribution >= 4 is 21.6 Å². The average molecular weight is 366 g/mol. The lowest BCUT2D eigenvalue weighted by molar-refractivity contribution is -0.116. The minimum atomic E-state index is -3.89. The highest BCUT2D eigenvalue weighted by atomic mass is 32.2. The molecule has 1 N–H and O–H groups in total. The second-order valence-corrected chi connectivity index (χ2v) is 7.51. The van der Waals surface area contributed by atoms with Crippen LogP contribution in [0.25, 0.3) is 0 Å². The number of ether oxygens (including phenoxy) is 1. The van der Waals surface area contributed by atoms with Crippen LogP contribution in [0, 0.1) is 12.7 Å². The van der Waals surface area contributed by atoms with Gasteiger partial charge in [0, 0.05) is 7.05 Å². The van der Waals surface area contributed by atoms with Crippen LogP contribution in [0.2, 0.25) is 0 Å². The molecular formula is C17H19FN2O4S. The van der Waals surface area contributed by atoms with E-state index in [-0.39, 0.29) is 4.90 Å². The normalized spacial score (nSPS) is 11.4.